The zero-order valence-corrected chi connectivity index (χ0v) is 12.2. The van der Waals surface area contributed by atoms with Crippen LogP contribution < -0.4 is 4.90 Å². The minimum absolute atomic E-state index is 0.0150. The molecule has 3 rings (SSSR count). The van der Waals surface area contributed by atoms with E-state index in [0.29, 0.717) is 13.2 Å². The molecule has 21 heavy (non-hydrogen) atoms. The summed E-state index contributed by atoms with van der Waals surface area (Å²) in [4.78, 5) is 14.3. The molecular formula is C18H19NO2. The molecule has 108 valence electrons. The van der Waals surface area contributed by atoms with E-state index in [4.69, 9.17) is 4.74 Å². The third kappa shape index (κ3) is 2.83. The number of carbonyl (C=O) groups is 1. The number of benzene rings is 2. The molecule has 2 aromatic rings. The molecule has 3 heteroatoms. The van der Waals surface area contributed by atoms with E-state index in [1.165, 1.54) is 0 Å². The minimum atomic E-state index is -0.0150. The molecule has 0 N–H and O–H groups in total. The van der Waals surface area contributed by atoms with Gasteiger partial charge in [0.15, 0.2) is 0 Å². The lowest BCUT2D eigenvalue weighted by Crippen LogP contribution is -2.33. The highest BCUT2D eigenvalue weighted by molar-refractivity contribution is 5.98. The summed E-state index contributed by atoms with van der Waals surface area (Å²) in [5.74, 6) is 0.120. The molecule has 1 aliphatic heterocycles. The highest BCUT2D eigenvalue weighted by atomic mass is 16.5. The molecule has 0 radical (unpaired) electrons. The first-order valence-corrected chi connectivity index (χ1v) is 7.27. The number of para-hydroxylation sites is 1. The number of ether oxygens (including phenoxy) is 1. The molecule has 1 saturated heterocycles. The van der Waals surface area contributed by atoms with Crippen molar-refractivity contribution >= 4 is 11.6 Å². The average molecular weight is 281 g/mol. The third-order valence-electron chi connectivity index (χ3n) is 3.96. The number of nitrogens with zero attached hydrogens (tertiary/aromatic N) is 1. The fourth-order valence-corrected chi connectivity index (χ4v) is 2.75. The number of hydrogen-bond donors (Lipinski definition) is 0. The van der Waals surface area contributed by atoms with Crippen LogP contribution in [0.1, 0.15) is 6.42 Å². The molecule has 2 aromatic carbocycles. The van der Waals surface area contributed by atoms with E-state index >= 15 is 0 Å². The Kier molecular flexibility index (Phi) is 4.02. The van der Waals surface area contributed by atoms with Crippen molar-refractivity contribution in [2.24, 2.45) is 5.92 Å². The molecule has 1 atom stereocenters. The Labute approximate surface area is 125 Å². The maximum Gasteiger partial charge on any atom is 0.232 e. The van der Waals surface area contributed by atoms with Gasteiger partial charge in [0.05, 0.1) is 18.2 Å². The lowest BCUT2D eigenvalue weighted by atomic mass is 10.0. The molecular weight excluding hydrogens is 262 g/mol. The first-order chi connectivity index (χ1) is 10.3. The summed E-state index contributed by atoms with van der Waals surface area (Å²) in [7, 11) is 1.85. The van der Waals surface area contributed by atoms with Gasteiger partial charge in [-0.2, -0.15) is 0 Å². The summed E-state index contributed by atoms with van der Waals surface area (Å²) >= 11 is 0. The Balaban J connectivity index is 1.93. The number of carbonyl (C=O) groups excluding carboxylic acids is 1. The van der Waals surface area contributed by atoms with Crippen molar-refractivity contribution in [1.29, 1.82) is 0 Å². The topological polar surface area (TPSA) is 29.5 Å². The van der Waals surface area contributed by atoms with Crippen LogP contribution in [-0.4, -0.2) is 26.2 Å². The summed E-state index contributed by atoms with van der Waals surface area (Å²) in [6.07, 6.45) is 0.816. The lowest BCUT2D eigenvalue weighted by Gasteiger charge is -2.23. The smallest absolute Gasteiger partial charge is 0.232 e. The summed E-state index contributed by atoms with van der Waals surface area (Å²) in [5, 5.41) is 0. The largest absolute Gasteiger partial charge is 0.381 e. The van der Waals surface area contributed by atoms with Crippen molar-refractivity contribution in [1.82, 2.24) is 0 Å². The Morgan fingerprint density at radius 1 is 1.10 bits per heavy atom. The fourth-order valence-electron chi connectivity index (χ4n) is 2.75. The minimum Gasteiger partial charge on any atom is -0.381 e. The van der Waals surface area contributed by atoms with E-state index < -0.39 is 0 Å². The number of amides is 1. The first-order valence-electron chi connectivity index (χ1n) is 7.27. The molecule has 3 nitrogen and oxygen atoms in total. The molecule has 0 bridgehead atoms. The van der Waals surface area contributed by atoms with Gasteiger partial charge in [-0.25, -0.2) is 0 Å². The van der Waals surface area contributed by atoms with E-state index in [1.54, 1.807) is 4.90 Å². The van der Waals surface area contributed by atoms with Crippen molar-refractivity contribution in [3.05, 3.63) is 54.6 Å². The summed E-state index contributed by atoms with van der Waals surface area (Å²) in [6, 6.07) is 18.2. The van der Waals surface area contributed by atoms with Gasteiger partial charge in [-0.05, 0) is 18.1 Å². The van der Waals surface area contributed by atoms with E-state index in [9.17, 15) is 4.79 Å². The average Bonchev–Trinajstić information content (AvgIpc) is 3.09. The fraction of sp³-hybridized carbons (Fsp3) is 0.278. The second-order valence-corrected chi connectivity index (χ2v) is 5.34. The zero-order chi connectivity index (χ0) is 14.7. The molecule has 0 saturated carbocycles. The van der Waals surface area contributed by atoms with E-state index in [2.05, 4.69) is 18.2 Å². The van der Waals surface area contributed by atoms with Crippen molar-refractivity contribution < 1.29 is 9.53 Å². The van der Waals surface area contributed by atoms with Gasteiger partial charge >= 0.3 is 0 Å². The van der Waals surface area contributed by atoms with Crippen molar-refractivity contribution in [2.45, 2.75) is 6.42 Å². The van der Waals surface area contributed by atoms with E-state index in [1.807, 2.05) is 43.4 Å². The highest BCUT2D eigenvalue weighted by Crippen LogP contribution is 2.31. The monoisotopic (exact) mass is 281 g/mol. The van der Waals surface area contributed by atoms with Crippen LogP contribution in [0.4, 0.5) is 5.69 Å². The van der Waals surface area contributed by atoms with Gasteiger partial charge in [-0.1, -0.05) is 48.5 Å². The van der Waals surface area contributed by atoms with Gasteiger partial charge in [-0.3, -0.25) is 4.79 Å². The van der Waals surface area contributed by atoms with Gasteiger partial charge in [-0.15, -0.1) is 0 Å². The van der Waals surface area contributed by atoms with Gasteiger partial charge in [0.2, 0.25) is 5.91 Å². The maximum atomic E-state index is 12.6. The standard InChI is InChI=1S/C18H19NO2/c1-19(18(20)15-11-12-21-13-15)17-10-6-5-9-16(17)14-7-3-2-4-8-14/h2-10,15H,11-13H2,1H3. The Bertz CT molecular complexity index is 618. The normalized spacial score (nSPS) is 17.7. The SMILES string of the molecule is CN(C(=O)C1CCOC1)c1ccccc1-c1ccccc1. The zero-order valence-electron chi connectivity index (χ0n) is 12.2. The predicted octanol–water partition coefficient (Wildman–Crippen LogP) is 3.35. The van der Waals surface area contributed by atoms with Gasteiger partial charge in [0.1, 0.15) is 0 Å². The molecule has 1 fully saturated rings. The summed E-state index contributed by atoms with van der Waals surface area (Å²) in [5.41, 5.74) is 3.14. The maximum absolute atomic E-state index is 12.6. The van der Waals surface area contributed by atoms with Crippen LogP contribution in [0, 0.1) is 5.92 Å². The summed E-state index contributed by atoms with van der Waals surface area (Å²) in [6.45, 7) is 1.22. The van der Waals surface area contributed by atoms with Crippen LogP contribution in [0.25, 0.3) is 11.1 Å². The van der Waals surface area contributed by atoms with Crippen molar-refractivity contribution in [3.63, 3.8) is 0 Å². The van der Waals surface area contributed by atoms with Crippen molar-refractivity contribution in [2.75, 3.05) is 25.2 Å². The van der Waals surface area contributed by atoms with Crippen LogP contribution in [-0.2, 0) is 9.53 Å². The van der Waals surface area contributed by atoms with Gasteiger partial charge in [0, 0.05) is 19.2 Å². The van der Waals surface area contributed by atoms with Crippen molar-refractivity contribution in [3.8, 4) is 11.1 Å². The molecule has 1 amide bonds. The second kappa shape index (κ2) is 6.10. The third-order valence-corrected chi connectivity index (χ3v) is 3.96. The highest BCUT2D eigenvalue weighted by Gasteiger charge is 2.27. The predicted molar refractivity (Wildman–Crippen MR) is 84.2 cm³/mol. The summed E-state index contributed by atoms with van der Waals surface area (Å²) < 4.78 is 5.33. The molecule has 0 spiro atoms. The molecule has 0 aliphatic carbocycles. The molecule has 1 aliphatic rings. The molecule has 1 heterocycles. The number of rotatable bonds is 3. The Morgan fingerprint density at radius 2 is 1.81 bits per heavy atom. The van der Waals surface area contributed by atoms with E-state index in [-0.39, 0.29) is 11.8 Å². The lowest BCUT2D eigenvalue weighted by molar-refractivity contribution is -0.122. The number of anilines is 1. The Morgan fingerprint density at radius 3 is 2.52 bits per heavy atom. The molecule has 0 aromatic heterocycles. The first kappa shape index (κ1) is 13.8. The van der Waals surface area contributed by atoms with Crippen LogP contribution in [0.5, 0.6) is 0 Å². The number of hydrogen-bond acceptors (Lipinski definition) is 2. The molecule has 1 unspecified atom stereocenters. The van der Waals surface area contributed by atoms with Crippen LogP contribution in [0.15, 0.2) is 54.6 Å². The van der Waals surface area contributed by atoms with Gasteiger partial charge in [0.25, 0.3) is 0 Å². The van der Waals surface area contributed by atoms with Gasteiger partial charge < -0.3 is 9.64 Å². The Hall–Kier alpha value is -2.13. The van der Waals surface area contributed by atoms with E-state index in [0.717, 1.165) is 23.2 Å². The quantitative estimate of drug-likeness (QED) is 0.863. The second-order valence-electron chi connectivity index (χ2n) is 5.34. The van der Waals surface area contributed by atoms with Crippen LogP contribution in [0.2, 0.25) is 0 Å². The van der Waals surface area contributed by atoms with Crippen LogP contribution in [0.3, 0.4) is 0 Å². The van der Waals surface area contributed by atoms with Crippen LogP contribution >= 0.6 is 0 Å².